The fourth-order valence-corrected chi connectivity index (χ4v) is 3.54. The van der Waals surface area contributed by atoms with Gasteiger partial charge in [0.15, 0.2) is 0 Å². The van der Waals surface area contributed by atoms with Gasteiger partial charge in [-0.2, -0.15) is 0 Å². The Bertz CT molecular complexity index is 219. The van der Waals surface area contributed by atoms with Gasteiger partial charge in [0.25, 0.3) is 0 Å². The molecule has 1 saturated carbocycles. The maximum Gasteiger partial charge on any atom is 0.216 e. The van der Waals surface area contributed by atoms with Gasteiger partial charge in [-0.25, -0.2) is 12.7 Å². The van der Waals surface area contributed by atoms with Crippen molar-refractivity contribution < 1.29 is 8.42 Å². The van der Waals surface area contributed by atoms with Crippen LogP contribution in [0.4, 0.5) is 0 Å². The molecule has 1 aliphatic carbocycles. The van der Waals surface area contributed by atoms with E-state index in [2.05, 4.69) is 0 Å². The van der Waals surface area contributed by atoms with E-state index >= 15 is 0 Å². The summed E-state index contributed by atoms with van der Waals surface area (Å²) in [6.45, 7) is 1.53. The van der Waals surface area contributed by atoms with Crippen LogP contribution in [0.25, 0.3) is 0 Å². The number of nitrogens with zero attached hydrogens (tertiary/aromatic N) is 1. The van der Waals surface area contributed by atoms with Crippen molar-refractivity contribution in [2.75, 3.05) is 13.1 Å². The van der Waals surface area contributed by atoms with Gasteiger partial charge >= 0.3 is 0 Å². The maximum absolute atomic E-state index is 11.5. The van der Waals surface area contributed by atoms with Crippen molar-refractivity contribution in [2.24, 2.45) is 0 Å². The number of rotatable bonds is 2. The van der Waals surface area contributed by atoms with Gasteiger partial charge in [-0.1, -0.05) is 6.42 Å². The van der Waals surface area contributed by atoms with Crippen molar-refractivity contribution in [3.8, 4) is 0 Å². The molecule has 4 heteroatoms. The van der Waals surface area contributed by atoms with Crippen LogP contribution in [0, 0.1) is 0 Å². The van der Waals surface area contributed by atoms with Gasteiger partial charge in [-0.05, 0) is 19.3 Å². The van der Waals surface area contributed by atoms with Crippen LogP contribution in [0.3, 0.4) is 0 Å². The van der Waals surface area contributed by atoms with E-state index in [1.54, 1.807) is 4.31 Å². The highest BCUT2D eigenvalue weighted by molar-refractivity contribution is 7.89. The molecule has 1 saturated heterocycles. The van der Waals surface area contributed by atoms with Crippen LogP contribution in [-0.2, 0) is 10.0 Å². The zero-order valence-electron chi connectivity index (χ0n) is 6.49. The Kier molecular flexibility index (Phi) is 1.68. The Labute approximate surface area is 67.4 Å². The number of hydrogen-bond donors (Lipinski definition) is 0. The second-order valence-electron chi connectivity index (χ2n) is 3.35. The third kappa shape index (κ3) is 1.08. The van der Waals surface area contributed by atoms with Crippen molar-refractivity contribution in [3.63, 3.8) is 0 Å². The molecular weight excluding hydrogens is 162 g/mol. The van der Waals surface area contributed by atoms with Gasteiger partial charge in [0.05, 0.1) is 5.25 Å². The summed E-state index contributed by atoms with van der Waals surface area (Å²) >= 11 is 0. The molecule has 2 fully saturated rings. The summed E-state index contributed by atoms with van der Waals surface area (Å²) in [5.41, 5.74) is 0. The lowest BCUT2D eigenvalue weighted by molar-refractivity contribution is 0.296. The summed E-state index contributed by atoms with van der Waals surface area (Å²) in [6.07, 6.45) is 3.92. The average molecular weight is 175 g/mol. The van der Waals surface area contributed by atoms with Crippen molar-refractivity contribution in [1.29, 1.82) is 0 Å². The van der Waals surface area contributed by atoms with Gasteiger partial charge in [-0.3, -0.25) is 0 Å². The first-order valence-corrected chi connectivity index (χ1v) is 5.70. The summed E-state index contributed by atoms with van der Waals surface area (Å²) in [7, 11) is -2.83. The van der Waals surface area contributed by atoms with E-state index in [9.17, 15) is 8.42 Å². The van der Waals surface area contributed by atoms with Crippen LogP contribution in [0.5, 0.6) is 0 Å². The minimum atomic E-state index is -2.83. The highest BCUT2D eigenvalue weighted by atomic mass is 32.2. The zero-order valence-corrected chi connectivity index (χ0v) is 7.31. The second kappa shape index (κ2) is 2.45. The molecule has 0 aromatic carbocycles. The van der Waals surface area contributed by atoms with E-state index in [4.69, 9.17) is 0 Å². The zero-order chi connectivity index (χ0) is 7.90. The van der Waals surface area contributed by atoms with Gasteiger partial charge in [0.2, 0.25) is 10.0 Å². The van der Waals surface area contributed by atoms with Crippen LogP contribution in [0.1, 0.15) is 25.7 Å². The number of hydrogen-bond acceptors (Lipinski definition) is 2. The summed E-state index contributed by atoms with van der Waals surface area (Å²) in [6, 6.07) is 0. The molecule has 0 radical (unpaired) electrons. The highest BCUT2D eigenvalue weighted by Crippen LogP contribution is 2.30. The maximum atomic E-state index is 11.5. The molecule has 2 rings (SSSR count). The largest absolute Gasteiger partial charge is 0.216 e. The first-order valence-electron chi connectivity index (χ1n) is 4.20. The van der Waals surface area contributed by atoms with Crippen molar-refractivity contribution in [1.82, 2.24) is 4.31 Å². The van der Waals surface area contributed by atoms with Crippen molar-refractivity contribution >= 4 is 10.0 Å². The van der Waals surface area contributed by atoms with E-state index in [0.717, 1.165) is 38.8 Å². The van der Waals surface area contributed by atoms with Gasteiger partial charge in [0, 0.05) is 13.1 Å². The van der Waals surface area contributed by atoms with E-state index in [0.29, 0.717) is 0 Å². The average Bonchev–Trinajstić information content (AvgIpc) is 1.46. The molecule has 0 atom stereocenters. The minimum Gasteiger partial charge on any atom is -0.212 e. The summed E-state index contributed by atoms with van der Waals surface area (Å²) in [4.78, 5) is 0. The monoisotopic (exact) mass is 175 g/mol. The molecule has 11 heavy (non-hydrogen) atoms. The summed E-state index contributed by atoms with van der Waals surface area (Å²) in [5, 5.41) is -0.0252. The lowest BCUT2D eigenvalue weighted by Crippen LogP contribution is -2.48. The smallest absolute Gasteiger partial charge is 0.212 e. The fraction of sp³-hybridized carbons (Fsp3) is 1.00. The van der Waals surface area contributed by atoms with Gasteiger partial charge in [-0.15, -0.1) is 0 Å². The standard InChI is InChI=1S/C7H13NO2S/c9-11(10,7-3-1-4-7)8-5-2-6-8/h7H,1-6H2. The quantitative estimate of drug-likeness (QED) is 0.615. The first kappa shape index (κ1) is 7.55. The minimum absolute atomic E-state index is 0.0252. The Morgan fingerprint density at radius 2 is 1.73 bits per heavy atom. The van der Waals surface area contributed by atoms with Crippen molar-refractivity contribution in [2.45, 2.75) is 30.9 Å². The number of sulfonamides is 1. The molecule has 0 amide bonds. The predicted octanol–water partition coefficient (Wildman–Crippen LogP) is 0.574. The summed E-state index contributed by atoms with van der Waals surface area (Å²) < 4.78 is 24.7. The van der Waals surface area contributed by atoms with Crippen molar-refractivity contribution in [3.05, 3.63) is 0 Å². The van der Waals surface area contributed by atoms with Crippen LogP contribution in [0.2, 0.25) is 0 Å². The Morgan fingerprint density at radius 3 is 2.00 bits per heavy atom. The third-order valence-electron chi connectivity index (χ3n) is 2.65. The van der Waals surface area contributed by atoms with Crippen LogP contribution < -0.4 is 0 Å². The summed E-state index contributed by atoms with van der Waals surface area (Å²) in [5.74, 6) is 0. The van der Waals surface area contributed by atoms with Gasteiger partial charge < -0.3 is 0 Å². The first-order chi connectivity index (χ1) is 5.21. The molecule has 0 N–H and O–H groups in total. The van der Waals surface area contributed by atoms with E-state index in [1.807, 2.05) is 0 Å². The lowest BCUT2D eigenvalue weighted by Gasteiger charge is -2.36. The van der Waals surface area contributed by atoms with Crippen LogP contribution >= 0.6 is 0 Å². The molecule has 64 valence electrons. The van der Waals surface area contributed by atoms with E-state index in [-0.39, 0.29) is 5.25 Å². The van der Waals surface area contributed by atoms with Crippen LogP contribution in [-0.4, -0.2) is 31.1 Å². The molecule has 0 spiro atoms. The second-order valence-corrected chi connectivity index (χ2v) is 5.56. The molecule has 2 aliphatic rings. The topological polar surface area (TPSA) is 37.4 Å². The highest BCUT2D eigenvalue weighted by Gasteiger charge is 2.38. The molecular formula is C7H13NO2S. The van der Waals surface area contributed by atoms with E-state index < -0.39 is 10.0 Å². The Hall–Kier alpha value is -0.0900. The Morgan fingerprint density at radius 1 is 1.09 bits per heavy atom. The normalized spacial score (nSPS) is 27.6. The molecule has 0 unspecified atom stereocenters. The molecule has 1 aliphatic heterocycles. The molecule has 0 aromatic rings. The van der Waals surface area contributed by atoms with Gasteiger partial charge in [0.1, 0.15) is 0 Å². The fourth-order valence-electron chi connectivity index (χ4n) is 1.42. The predicted molar refractivity (Wildman–Crippen MR) is 42.7 cm³/mol. The molecule has 0 aromatic heterocycles. The molecule has 3 nitrogen and oxygen atoms in total. The van der Waals surface area contributed by atoms with E-state index in [1.165, 1.54) is 0 Å². The van der Waals surface area contributed by atoms with Crippen LogP contribution in [0.15, 0.2) is 0 Å². The molecule has 1 heterocycles. The lowest BCUT2D eigenvalue weighted by atomic mass is 10.0. The molecule has 0 bridgehead atoms. The third-order valence-corrected chi connectivity index (χ3v) is 5.05. The Balaban J connectivity index is 2.07. The SMILES string of the molecule is O=S(=O)(C1CCC1)N1CCC1.